The molecule has 0 amide bonds. The first-order chi connectivity index (χ1) is 7.16. The summed E-state index contributed by atoms with van der Waals surface area (Å²) in [5.41, 5.74) is 0.668. The van der Waals surface area contributed by atoms with E-state index in [1.54, 1.807) is 6.20 Å². The molecule has 0 aromatic carbocycles. The predicted octanol–water partition coefficient (Wildman–Crippen LogP) is 2.37. The minimum Gasteiger partial charge on any atom is -0.507 e. The molecular formula is C12H17NO2. The molecule has 3 heteroatoms. The number of aromatic hydroxyl groups is 1. The minimum atomic E-state index is -0.236. The van der Waals surface area contributed by atoms with Crippen molar-refractivity contribution in [3.05, 3.63) is 28.2 Å². The van der Waals surface area contributed by atoms with Crippen molar-refractivity contribution < 1.29 is 5.11 Å². The Morgan fingerprint density at radius 2 is 2.27 bits per heavy atom. The predicted molar refractivity (Wildman–Crippen MR) is 59.1 cm³/mol. The van der Waals surface area contributed by atoms with Gasteiger partial charge >= 0.3 is 0 Å². The van der Waals surface area contributed by atoms with Crippen molar-refractivity contribution in [2.45, 2.75) is 38.5 Å². The van der Waals surface area contributed by atoms with Gasteiger partial charge in [-0.05, 0) is 24.7 Å². The van der Waals surface area contributed by atoms with E-state index in [1.165, 1.54) is 18.9 Å². The van der Waals surface area contributed by atoms with Gasteiger partial charge in [-0.1, -0.05) is 19.8 Å². The number of aromatic nitrogens is 1. The third-order valence-corrected chi connectivity index (χ3v) is 3.31. The standard InChI is InChI=1S/C12H17NO2/c1-8-3-2-4-9(5-8)10-7-13-12(15)6-11(10)14/h6-9H,2-5H2,1H3,(H2,13,14,15). The minimum absolute atomic E-state index is 0.151. The summed E-state index contributed by atoms with van der Waals surface area (Å²) in [5.74, 6) is 1.28. The zero-order valence-electron chi connectivity index (χ0n) is 8.99. The van der Waals surface area contributed by atoms with E-state index in [4.69, 9.17) is 0 Å². The molecular weight excluding hydrogens is 190 g/mol. The van der Waals surface area contributed by atoms with Crippen LogP contribution in [0.3, 0.4) is 0 Å². The van der Waals surface area contributed by atoms with Crippen molar-refractivity contribution in [3.8, 4) is 5.75 Å². The number of hydrogen-bond acceptors (Lipinski definition) is 2. The van der Waals surface area contributed by atoms with Crippen LogP contribution in [0.5, 0.6) is 5.75 Å². The fourth-order valence-corrected chi connectivity index (χ4v) is 2.52. The van der Waals surface area contributed by atoms with Crippen LogP contribution in [-0.4, -0.2) is 10.1 Å². The first kappa shape index (κ1) is 10.3. The van der Waals surface area contributed by atoms with Crippen LogP contribution >= 0.6 is 0 Å². The lowest BCUT2D eigenvalue weighted by Crippen LogP contribution is -2.14. The molecule has 2 N–H and O–H groups in total. The maximum Gasteiger partial charge on any atom is 0.251 e. The van der Waals surface area contributed by atoms with E-state index in [9.17, 15) is 9.90 Å². The van der Waals surface area contributed by atoms with Gasteiger partial charge in [0.2, 0.25) is 0 Å². The van der Waals surface area contributed by atoms with Crippen LogP contribution < -0.4 is 5.56 Å². The highest BCUT2D eigenvalue weighted by Gasteiger charge is 2.22. The van der Waals surface area contributed by atoms with Gasteiger partial charge in [0, 0.05) is 17.8 Å². The summed E-state index contributed by atoms with van der Waals surface area (Å²) in [7, 11) is 0. The van der Waals surface area contributed by atoms with Crippen molar-refractivity contribution in [3.63, 3.8) is 0 Å². The molecule has 0 saturated heterocycles. The Bertz CT molecular complexity index is 397. The SMILES string of the molecule is CC1CCCC(c2c[nH]c(=O)cc2O)C1. The molecule has 2 rings (SSSR count). The first-order valence-electron chi connectivity index (χ1n) is 5.58. The summed E-state index contributed by atoms with van der Waals surface area (Å²) in [6.07, 6.45) is 6.38. The molecule has 82 valence electrons. The van der Waals surface area contributed by atoms with Gasteiger partial charge in [0.05, 0.1) is 0 Å². The normalized spacial score (nSPS) is 26.5. The van der Waals surface area contributed by atoms with E-state index in [2.05, 4.69) is 11.9 Å². The van der Waals surface area contributed by atoms with E-state index in [0.29, 0.717) is 5.92 Å². The van der Waals surface area contributed by atoms with Crippen LogP contribution in [0.25, 0.3) is 0 Å². The molecule has 2 unspecified atom stereocenters. The third-order valence-electron chi connectivity index (χ3n) is 3.31. The molecule has 1 aliphatic carbocycles. The first-order valence-corrected chi connectivity index (χ1v) is 5.58. The van der Waals surface area contributed by atoms with E-state index in [0.717, 1.165) is 24.3 Å². The van der Waals surface area contributed by atoms with Crippen molar-refractivity contribution in [1.82, 2.24) is 4.98 Å². The lowest BCUT2D eigenvalue weighted by atomic mass is 9.79. The third kappa shape index (κ3) is 2.22. The molecule has 0 spiro atoms. The van der Waals surface area contributed by atoms with E-state index in [-0.39, 0.29) is 11.3 Å². The molecule has 0 radical (unpaired) electrons. The second kappa shape index (κ2) is 4.09. The summed E-state index contributed by atoms with van der Waals surface area (Å²) in [5, 5.41) is 9.71. The molecule has 15 heavy (non-hydrogen) atoms. The molecule has 3 nitrogen and oxygen atoms in total. The Morgan fingerprint density at radius 1 is 1.47 bits per heavy atom. The highest BCUT2D eigenvalue weighted by molar-refractivity contribution is 5.32. The van der Waals surface area contributed by atoms with Gasteiger partial charge in [0.15, 0.2) is 0 Å². The van der Waals surface area contributed by atoms with Crippen LogP contribution in [0, 0.1) is 5.92 Å². The highest BCUT2D eigenvalue weighted by atomic mass is 16.3. The lowest BCUT2D eigenvalue weighted by Gasteiger charge is -2.27. The second-order valence-electron chi connectivity index (χ2n) is 4.61. The number of rotatable bonds is 1. The average molecular weight is 207 g/mol. The lowest BCUT2D eigenvalue weighted by molar-refractivity contribution is 0.335. The topological polar surface area (TPSA) is 53.1 Å². The summed E-state index contributed by atoms with van der Waals surface area (Å²) in [6, 6.07) is 1.27. The van der Waals surface area contributed by atoms with E-state index < -0.39 is 0 Å². The second-order valence-corrected chi connectivity index (χ2v) is 4.61. The van der Waals surface area contributed by atoms with Gasteiger partial charge in [-0.15, -0.1) is 0 Å². The Kier molecular flexibility index (Phi) is 2.80. The van der Waals surface area contributed by atoms with Gasteiger partial charge in [-0.2, -0.15) is 0 Å². The molecule has 1 fully saturated rings. The molecule has 0 bridgehead atoms. The van der Waals surface area contributed by atoms with Crippen molar-refractivity contribution in [2.75, 3.05) is 0 Å². The van der Waals surface area contributed by atoms with Crippen LogP contribution in [0.1, 0.15) is 44.1 Å². The summed E-state index contributed by atoms with van der Waals surface area (Å²) in [6.45, 7) is 2.24. The number of aromatic amines is 1. The van der Waals surface area contributed by atoms with E-state index in [1.807, 2.05) is 0 Å². The quantitative estimate of drug-likeness (QED) is 0.742. The van der Waals surface area contributed by atoms with Gasteiger partial charge < -0.3 is 10.1 Å². The Morgan fingerprint density at radius 3 is 2.93 bits per heavy atom. The monoisotopic (exact) mass is 207 g/mol. The maximum atomic E-state index is 11.0. The molecule has 1 saturated carbocycles. The fraction of sp³-hybridized carbons (Fsp3) is 0.583. The van der Waals surface area contributed by atoms with E-state index >= 15 is 0 Å². The molecule has 1 heterocycles. The average Bonchev–Trinajstić information content (AvgIpc) is 2.17. The Hall–Kier alpha value is -1.25. The molecule has 0 aliphatic heterocycles. The van der Waals surface area contributed by atoms with Crippen LogP contribution in [0.4, 0.5) is 0 Å². The number of hydrogen-bond donors (Lipinski definition) is 2. The fourth-order valence-electron chi connectivity index (χ4n) is 2.52. The van der Waals surface area contributed by atoms with Crippen molar-refractivity contribution >= 4 is 0 Å². The van der Waals surface area contributed by atoms with Crippen LogP contribution in [-0.2, 0) is 0 Å². The largest absolute Gasteiger partial charge is 0.507 e. The van der Waals surface area contributed by atoms with Crippen molar-refractivity contribution in [1.29, 1.82) is 0 Å². The summed E-state index contributed by atoms with van der Waals surface area (Å²) in [4.78, 5) is 13.6. The smallest absolute Gasteiger partial charge is 0.251 e. The number of pyridine rings is 1. The molecule has 2 atom stereocenters. The summed E-state index contributed by atoms with van der Waals surface area (Å²) < 4.78 is 0. The molecule has 1 aliphatic rings. The molecule has 1 aromatic heterocycles. The summed E-state index contributed by atoms with van der Waals surface area (Å²) >= 11 is 0. The van der Waals surface area contributed by atoms with Gasteiger partial charge in [-0.25, -0.2) is 0 Å². The zero-order chi connectivity index (χ0) is 10.8. The Balaban J connectivity index is 2.24. The highest BCUT2D eigenvalue weighted by Crippen LogP contribution is 2.38. The Labute approximate surface area is 89.2 Å². The zero-order valence-corrected chi connectivity index (χ0v) is 8.99. The van der Waals surface area contributed by atoms with Crippen LogP contribution in [0.15, 0.2) is 17.1 Å². The van der Waals surface area contributed by atoms with Crippen molar-refractivity contribution in [2.24, 2.45) is 5.92 Å². The molecule has 1 aromatic rings. The maximum absolute atomic E-state index is 11.0. The van der Waals surface area contributed by atoms with Gasteiger partial charge in [0.1, 0.15) is 5.75 Å². The number of H-pyrrole nitrogens is 1. The van der Waals surface area contributed by atoms with Gasteiger partial charge in [0.25, 0.3) is 5.56 Å². The van der Waals surface area contributed by atoms with Gasteiger partial charge in [-0.3, -0.25) is 4.79 Å². The number of nitrogens with one attached hydrogen (secondary N) is 1. The van der Waals surface area contributed by atoms with Crippen LogP contribution in [0.2, 0.25) is 0 Å².